The molecule has 156 valence electrons. The molecule has 0 bridgehead atoms. The van der Waals surface area contributed by atoms with E-state index in [0.717, 1.165) is 5.57 Å². The fourth-order valence-corrected chi connectivity index (χ4v) is 5.70. The Hall–Kier alpha value is -3.12. The molecule has 0 unspecified atom stereocenters. The van der Waals surface area contributed by atoms with Crippen LogP contribution < -0.4 is 0 Å². The quantitative estimate of drug-likeness (QED) is 0.322. The first-order chi connectivity index (χ1) is 14.3. The van der Waals surface area contributed by atoms with E-state index in [9.17, 15) is 14.9 Å². The number of carbonyl (C=O) groups is 2. The van der Waals surface area contributed by atoms with Gasteiger partial charge in [-0.2, -0.15) is 5.26 Å². The number of rotatable bonds is 0. The van der Waals surface area contributed by atoms with Crippen molar-refractivity contribution < 1.29 is 9.59 Å². The van der Waals surface area contributed by atoms with Crippen LogP contribution in [0.2, 0.25) is 19.6 Å². The van der Waals surface area contributed by atoms with Crippen molar-refractivity contribution in [3.63, 3.8) is 0 Å². The molecule has 0 amide bonds. The van der Waals surface area contributed by atoms with Gasteiger partial charge in [0.05, 0.1) is 17.6 Å². The Bertz CT molecular complexity index is 1190. The molecule has 0 aliphatic heterocycles. The number of carbonyl (C=O) groups excluding carboxylic acids is 2. The Balaban J connectivity index is 2.26. The molecular formula is C26H26N2O2Si. The molecule has 1 fully saturated rings. The third kappa shape index (κ3) is 3.61. The van der Waals surface area contributed by atoms with E-state index in [1.165, 1.54) is 6.08 Å². The fourth-order valence-electron chi connectivity index (χ4n) is 5.26. The summed E-state index contributed by atoms with van der Waals surface area (Å²) in [5.74, 6) is 8.69. The summed E-state index contributed by atoms with van der Waals surface area (Å²) < 4.78 is 0. The van der Waals surface area contributed by atoms with Gasteiger partial charge in [0.25, 0.3) is 0 Å². The molecule has 0 aromatic heterocycles. The van der Waals surface area contributed by atoms with Gasteiger partial charge < -0.3 is 4.79 Å². The number of ketones is 2. The van der Waals surface area contributed by atoms with Crippen molar-refractivity contribution in [1.29, 1.82) is 5.26 Å². The molecule has 5 heteroatoms. The molecule has 0 radical (unpaired) electrons. The van der Waals surface area contributed by atoms with Crippen LogP contribution in [0.3, 0.4) is 0 Å². The maximum atomic E-state index is 12.9. The van der Waals surface area contributed by atoms with Gasteiger partial charge in [-0.3, -0.25) is 4.79 Å². The normalized spacial score (nSPS) is 31.0. The third-order valence-corrected chi connectivity index (χ3v) is 7.57. The molecule has 3 atom stereocenters. The van der Waals surface area contributed by atoms with Crippen LogP contribution in [0.1, 0.15) is 33.6 Å². The minimum absolute atomic E-state index is 0.0722. The van der Waals surface area contributed by atoms with Crippen LogP contribution in [0, 0.1) is 63.4 Å². The zero-order chi connectivity index (χ0) is 23.2. The van der Waals surface area contributed by atoms with Gasteiger partial charge in [0, 0.05) is 10.8 Å². The number of allylic oxidation sites excluding steroid dienone is 6. The standard InChI is InChI=1S/C26H26N2O2Si/c1-24(2)21-10-12-26(11-8-9-13-31(5,6)7)15-18(17-27)20(29)14-22(26)25(21,3)16-19(28-4)23(24)30/h14-16,21H,10,12H2,1-3,5-7H3/t21-,25-,26-/m0/s1. The second-order valence-electron chi connectivity index (χ2n) is 10.4. The summed E-state index contributed by atoms with van der Waals surface area (Å²) in [5.41, 5.74) is 1.96. The lowest BCUT2D eigenvalue weighted by molar-refractivity contribution is -0.130. The third-order valence-electron chi connectivity index (χ3n) is 6.70. The molecule has 0 spiro atoms. The van der Waals surface area contributed by atoms with Crippen molar-refractivity contribution in [1.82, 2.24) is 0 Å². The maximum Gasteiger partial charge on any atom is 0.226 e. The van der Waals surface area contributed by atoms with Crippen LogP contribution in [0.5, 0.6) is 0 Å². The van der Waals surface area contributed by atoms with Gasteiger partial charge in [-0.15, -0.1) is 5.54 Å². The van der Waals surface area contributed by atoms with Crippen LogP contribution in [0.25, 0.3) is 4.85 Å². The van der Waals surface area contributed by atoms with E-state index < -0.39 is 24.3 Å². The Morgan fingerprint density at radius 3 is 2.42 bits per heavy atom. The lowest BCUT2D eigenvalue weighted by Gasteiger charge is -2.56. The lowest BCUT2D eigenvalue weighted by atomic mass is 9.46. The summed E-state index contributed by atoms with van der Waals surface area (Å²) in [7, 11) is -1.59. The molecule has 1 saturated carbocycles. The molecule has 31 heavy (non-hydrogen) atoms. The second-order valence-corrected chi connectivity index (χ2v) is 15.1. The SMILES string of the molecule is [C-]#[N+]C1=C[C@]2(C)C3=CC(=O)C(C#N)=C[C@]3(C#CC#C[Si](C)(C)C)CC[C@H]2C(C)(C)C1=O. The highest BCUT2D eigenvalue weighted by molar-refractivity contribution is 6.83. The highest BCUT2D eigenvalue weighted by Crippen LogP contribution is 2.63. The fraction of sp³-hybridized carbons (Fsp3) is 0.462. The number of Topliss-reactive ketones (excluding diaryl/α,β-unsaturated/α-hetero) is 1. The summed E-state index contributed by atoms with van der Waals surface area (Å²) in [6, 6.07) is 2.01. The van der Waals surface area contributed by atoms with Crippen molar-refractivity contribution in [3.05, 3.63) is 46.5 Å². The average molecular weight is 427 g/mol. The van der Waals surface area contributed by atoms with E-state index in [0.29, 0.717) is 12.8 Å². The van der Waals surface area contributed by atoms with Crippen molar-refractivity contribution >= 4 is 19.6 Å². The van der Waals surface area contributed by atoms with E-state index in [1.54, 1.807) is 12.2 Å². The van der Waals surface area contributed by atoms with Gasteiger partial charge in [0.1, 0.15) is 14.1 Å². The largest absolute Gasteiger partial charge is 0.307 e. The number of hydrogen-bond acceptors (Lipinski definition) is 3. The van der Waals surface area contributed by atoms with Gasteiger partial charge in [0.15, 0.2) is 11.6 Å². The maximum absolute atomic E-state index is 12.9. The topological polar surface area (TPSA) is 62.3 Å². The number of nitrogens with zero attached hydrogens (tertiary/aromatic N) is 2. The molecule has 3 rings (SSSR count). The van der Waals surface area contributed by atoms with E-state index in [-0.39, 0.29) is 28.8 Å². The molecular weight excluding hydrogens is 400 g/mol. The first kappa shape index (κ1) is 22.6. The Labute approximate surface area is 185 Å². The van der Waals surface area contributed by atoms with Crippen LogP contribution in [0.4, 0.5) is 0 Å². The molecule has 3 aliphatic carbocycles. The molecule has 0 N–H and O–H groups in total. The molecule has 0 aromatic carbocycles. The van der Waals surface area contributed by atoms with E-state index in [4.69, 9.17) is 6.57 Å². The van der Waals surface area contributed by atoms with Crippen LogP contribution in [-0.2, 0) is 9.59 Å². The van der Waals surface area contributed by atoms with E-state index in [1.807, 2.05) is 26.8 Å². The Morgan fingerprint density at radius 1 is 1.16 bits per heavy atom. The predicted molar refractivity (Wildman–Crippen MR) is 122 cm³/mol. The summed E-state index contributed by atoms with van der Waals surface area (Å²) in [6.07, 6.45) is 6.22. The van der Waals surface area contributed by atoms with Crippen LogP contribution in [0.15, 0.2) is 35.1 Å². The molecule has 0 heterocycles. The zero-order valence-corrected chi connectivity index (χ0v) is 19.9. The van der Waals surface area contributed by atoms with Gasteiger partial charge in [-0.25, -0.2) is 4.85 Å². The Morgan fingerprint density at radius 2 is 1.84 bits per heavy atom. The first-order valence-corrected chi connectivity index (χ1v) is 13.9. The van der Waals surface area contributed by atoms with Crippen molar-refractivity contribution in [2.75, 3.05) is 0 Å². The first-order valence-electron chi connectivity index (χ1n) is 10.4. The number of hydrogen-bond donors (Lipinski definition) is 0. The smallest absolute Gasteiger partial charge is 0.226 e. The summed E-state index contributed by atoms with van der Waals surface area (Å²) in [4.78, 5) is 29.1. The monoisotopic (exact) mass is 426 g/mol. The zero-order valence-electron chi connectivity index (χ0n) is 18.9. The average Bonchev–Trinajstić information content (AvgIpc) is 2.68. The van der Waals surface area contributed by atoms with Crippen molar-refractivity contribution in [2.45, 2.75) is 53.3 Å². The van der Waals surface area contributed by atoms with Gasteiger partial charge in [0.2, 0.25) is 5.70 Å². The van der Waals surface area contributed by atoms with Crippen LogP contribution in [-0.4, -0.2) is 19.6 Å². The molecule has 4 nitrogen and oxygen atoms in total. The molecule has 0 aromatic rings. The van der Waals surface area contributed by atoms with E-state index >= 15 is 0 Å². The highest BCUT2D eigenvalue weighted by atomic mass is 28.3. The van der Waals surface area contributed by atoms with Gasteiger partial charge in [-0.1, -0.05) is 52.4 Å². The summed E-state index contributed by atoms with van der Waals surface area (Å²) in [5, 5.41) is 9.50. The molecule has 0 saturated heterocycles. The van der Waals surface area contributed by atoms with Gasteiger partial charge >= 0.3 is 0 Å². The Kier molecular flexibility index (Phi) is 5.26. The van der Waals surface area contributed by atoms with Gasteiger partial charge in [-0.05, 0) is 48.3 Å². The minimum Gasteiger partial charge on any atom is -0.307 e. The van der Waals surface area contributed by atoms with Crippen molar-refractivity contribution in [2.24, 2.45) is 22.2 Å². The number of nitriles is 1. The minimum atomic E-state index is -1.59. The highest BCUT2D eigenvalue weighted by Gasteiger charge is 2.59. The van der Waals surface area contributed by atoms with Crippen molar-refractivity contribution in [3.8, 4) is 29.4 Å². The summed E-state index contributed by atoms with van der Waals surface area (Å²) >= 11 is 0. The lowest BCUT2D eigenvalue weighted by Crippen LogP contribution is -2.53. The summed E-state index contributed by atoms with van der Waals surface area (Å²) in [6.45, 7) is 19.7. The van der Waals surface area contributed by atoms with Crippen LogP contribution >= 0.6 is 0 Å². The number of fused-ring (bicyclic) bond motifs is 3. The predicted octanol–water partition coefficient (Wildman–Crippen LogP) is 4.64. The molecule has 3 aliphatic rings. The van der Waals surface area contributed by atoms with E-state index in [2.05, 4.69) is 47.8 Å². The second kappa shape index (κ2) is 7.23.